The first-order valence-electron chi connectivity index (χ1n) is 4.39. The SMILES string of the molecule is OC(CCc1cccc(Br)c1)C(F)(F)F. The van der Waals surface area contributed by atoms with Crippen LogP contribution in [0.25, 0.3) is 0 Å². The molecular formula is C10H10BrF3O. The molecule has 84 valence electrons. The lowest BCUT2D eigenvalue weighted by molar-refractivity contribution is -0.205. The van der Waals surface area contributed by atoms with Gasteiger partial charge in [0.2, 0.25) is 0 Å². The minimum atomic E-state index is -4.52. The molecule has 1 nitrogen and oxygen atoms in total. The van der Waals surface area contributed by atoms with Gasteiger partial charge in [-0.15, -0.1) is 0 Å². The normalized spacial score (nSPS) is 13.9. The minimum Gasteiger partial charge on any atom is -0.384 e. The second-order valence-electron chi connectivity index (χ2n) is 3.23. The van der Waals surface area contributed by atoms with Crippen LogP contribution in [0.2, 0.25) is 0 Å². The highest BCUT2D eigenvalue weighted by Crippen LogP contribution is 2.24. The molecule has 15 heavy (non-hydrogen) atoms. The van der Waals surface area contributed by atoms with E-state index in [1.165, 1.54) is 0 Å². The molecule has 0 heterocycles. The average Bonchev–Trinajstić information content (AvgIpc) is 2.12. The third-order valence-electron chi connectivity index (χ3n) is 1.97. The van der Waals surface area contributed by atoms with E-state index in [0.717, 1.165) is 10.0 Å². The molecule has 1 aromatic rings. The van der Waals surface area contributed by atoms with Crippen LogP contribution in [0.3, 0.4) is 0 Å². The van der Waals surface area contributed by atoms with Crippen LogP contribution in [0.5, 0.6) is 0 Å². The van der Waals surface area contributed by atoms with Crippen molar-refractivity contribution in [3.8, 4) is 0 Å². The Morgan fingerprint density at radius 2 is 2.00 bits per heavy atom. The first-order chi connectivity index (χ1) is 6.89. The molecule has 1 unspecified atom stereocenters. The molecule has 0 bridgehead atoms. The Hall–Kier alpha value is -0.550. The highest BCUT2D eigenvalue weighted by molar-refractivity contribution is 9.10. The fraction of sp³-hybridized carbons (Fsp3) is 0.400. The fourth-order valence-electron chi connectivity index (χ4n) is 1.16. The van der Waals surface area contributed by atoms with Gasteiger partial charge in [-0.1, -0.05) is 28.1 Å². The topological polar surface area (TPSA) is 20.2 Å². The largest absolute Gasteiger partial charge is 0.414 e. The van der Waals surface area contributed by atoms with Crippen LogP contribution in [-0.4, -0.2) is 17.4 Å². The van der Waals surface area contributed by atoms with E-state index in [1.807, 2.05) is 0 Å². The van der Waals surface area contributed by atoms with Crippen LogP contribution in [0, 0.1) is 0 Å². The quantitative estimate of drug-likeness (QED) is 0.902. The third kappa shape index (κ3) is 4.22. The maximum atomic E-state index is 12.0. The molecule has 1 atom stereocenters. The van der Waals surface area contributed by atoms with Crippen LogP contribution in [0.1, 0.15) is 12.0 Å². The van der Waals surface area contributed by atoms with Crippen molar-refractivity contribution in [2.45, 2.75) is 25.1 Å². The summed E-state index contributed by atoms with van der Waals surface area (Å²) in [6.07, 6.45) is -6.86. The number of hydrogen-bond donors (Lipinski definition) is 1. The highest BCUT2D eigenvalue weighted by atomic mass is 79.9. The summed E-state index contributed by atoms with van der Waals surface area (Å²) in [6, 6.07) is 7.01. The zero-order chi connectivity index (χ0) is 11.5. The number of alkyl halides is 3. The Morgan fingerprint density at radius 1 is 1.33 bits per heavy atom. The summed E-state index contributed by atoms with van der Waals surface area (Å²) >= 11 is 3.22. The molecule has 0 radical (unpaired) electrons. The van der Waals surface area contributed by atoms with Crippen LogP contribution in [0.4, 0.5) is 13.2 Å². The fourth-order valence-corrected chi connectivity index (χ4v) is 1.61. The number of aliphatic hydroxyl groups excluding tert-OH is 1. The summed E-state index contributed by atoms with van der Waals surface area (Å²) < 4.78 is 36.7. The van der Waals surface area contributed by atoms with Gasteiger partial charge in [0.1, 0.15) is 6.10 Å². The van der Waals surface area contributed by atoms with Gasteiger partial charge in [0.25, 0.3) is 0 Å². The monoisotopic (exact) mass is 282 g/mol. The van der Waals surface area contributed by atoms with Crippen LogP contribution >= 0.6 is 15.9 Å². The number of hydrogen-bond acceptors (Lipinski definition) is 1. The van der Waals surface area contributed by atoms with Crippen molar-refractivity contribution in [3.05, 3.63) is 34.3 Å². The van der Waals surface area contributed by atoms with Gasteiger partial charge in [-0.05, 0) is 30.5 Å². The molecule has 1 rings (SSSR count). The molecule has 1 N–H and O–H groups in total. The van der Waals surface area contributed by atoms with Crippen molar-refractivity contribution in [1.29, 1.82) is 0 Å². The highest BCUT2D eigenvalue weighted by Gasteiger charge is 2.37. The van der Waals surface area contributed by atoms with Crippen molar-refractivity contribution >= 4 is 15.9 Å². The lowest BCUT2D eigenvalue weighted by Gasteiger charge is -2.14. The second kappa shape index (κ2) is 4.99. The molecule has 0 amide bonds. The Kier molecular flexibility index (Phi) is 4.16. The van der Waals surface area contributed by atoms with Crippen LogP contribution in [0.15, 0.2) is 28.7 Å². The first kappa shape index (κ1) is 12.5. The smallest absolute Gasteiger partial charge is 0.384 e. The summed E-state index contributed by atoms with van der Waals surface area (Å²) in [6.45, 7) is 0. The lowest BCUT2D eigenvalue weighted by atomic mass is 10.1. The standard InChI is InChI=1S/C10H10BrF3O/c11-8-3-1-2-7(6-8)4-5-9(15)10(12,13)14/h1-3,6,9,15H,4-5H2. The maximum Gasteiger partial charge on any atom is 0.414 e. The van der Waals surface area contributed by atoms with Gasteiger partial charge < -0.3 is 5.11 Å². The molecule has 0 spiro atoms. The minimum absolute atomic E-state index is 0.208. The Labute approximate surface area is 94.0 Å². The van der Waals surface area contributed by atoms with Gasteiger partial charge in [0, 0.05) is 4.47 Å². The lowest BCUT2D eigenvalue weighted by Crippen LogP contribution is -2.28. The van der Waals surface area contributed by atoms with E-state index in [4.69, 9.17) is 5.11 Å². The maximum absolute atomic E-state index is 12.0. The van der Waals surface area contributed by atoms with Gasteiger partial charge in [-0.3, -0.25) is 0 Å². The Morgan fingerprint density at radius 3 is 2.53 bits per heavy atom. The zero-order valence-electron chi connectivity index (χ0n) is 7.76. The van der Waals surface area contributed by atoms with E-state index >= 15 is 0 Å². The predicted octanol–water partition coefficient (Wildman–Crippen LogP) is 3.30. The molecular weight excluding hydrogens is 273 g/mol. The number of aryl methyl sites for hydroxylation is 1. The summed E-state index contributed by atoms with van der Waals surface area (Å²) in [5.74, 6) is 0. The van der Waals surface area contributed by atoms with E-state index in [9.17, 15) is 13.2 Å². The van der Waals surface area contributed by atoms with Crippen LogP contribution < -0.4 is 0 Å². The van der Waals surface area contributed by atoms with E-state index in [0.29, 0.717) is 0 Å². The second-order valence-corrected chi connectivity index (χ2v) is 4.14. The number of rotatable bonds is 3. The van der Waals surface area contributed by atoms with E-state index in [2.05, 4.69) is 15.9 Å². The Bertz CT molecular complexity index is 325. The summed E-state index contributed by atoms with van der Waals surface area (Å²) in [4.78, 5) is 0. The van der Waals surface area contributed by atoms with Crippen molar-refractivity contribution in [3.63, 3.8) is 0 Å². The van der Waals surface area contributed by atoms with E-state index < -0.39 is 12.3 Å². The predicted molar refractivity (Wildman–Crippen MR) is 54.5 cm³/mol. The number of halogens is 4. The van der Waals surface area contributed by atoms with E-state index in [1.54, 1.807) is 24.3 Å². The van der Waals surface area contributed by atoms with Crippen molar-refractivity contribution in [2.75, 3.05) is 0 Å². The number of aliphatic hydroxyl groups is 1. The first-order valence-corrected chi connectivity index (χ1v) is 5.18. The van der Waals surface area contributed by atoms with E-state index in [-0.39, 0.29) is 12.8 Å². The van der Waals surface area contributed by atoms with Crippen molar-refractivity contribution in [2.24, 2.45) is 0 Å². The van der Waals surface area contributed by atoms with Crippen molar-refractivity contribution < 1.29 is 18.3 Å². The molecule has 0 saturated heterocycles. The summed E-state index contributed by atoms with van der Waals surface area (Å²) in [5.41, 5.74) is 0.771. The molecule has 0 fully saturated rings. The molecule has 0 aliphatic heterocycles. The molecule has 0 aromatic heterocycles. The zero-order valence-corrected chi connectivity index (χ0v) is 9.35. The molecule has 0 aliphatic carbocycles. The van der Waals surface area contributed by atoms with Gasteiger partial charge in [-0.2, -0.15) is 13.2 Å². The third-order valence-corrected chi connectivity index (χ3v) is 2.47. The van der Waals surface area contributed by atoms with Gasteiger partial charge in [0.15, 0.2) is 0 Å². The molecule has 1 aromatic carbocycles. The van der Waals surface area contributed by atoms with Crippen LogP contribution in [-0.2, 0) is 6.42 Å². The number of benzene rings is 1. The van der Waals surface area contributed by atoms with Gasteiger partial charge >= 0.3 is 6.18 Å². The molecule has 5 heteroatoms. The summed E-state index contributed by atoms with van der Waals surface area (Å²) in [7, 11) is 0. The van der Waals surface area contributed by atoms with Crippen molar-refractivity contribution in [1.82, 2.24) is 0 Å². The molecule has 0 aliphatic rings. The van der Waals surface area contributed by atoms with Gasteiger partial charge in [0.05, 0.1) is 0 Å². The summed E-state index contributed by atoms with van der Waals surface area (Å²) in [5, 5.41) is 8.78. The average molecular weight is 283 g/mol. The van der Waals surface area contributed by atoms with Gasteiger partial charge in [-0.25, -0.2) is 0 Å². The molecule has 0 saturated carbocycles. The Balaban J connectivity index is 2.51.